The van der Waals surface area contributed by atoms with E-state index in [1.807, 2.05) is 37.3 Å². The Morgan fingerprint density at radius 3 is 2.72 bits per heavy atom. The van der Waals surface area contributed by atoms with Gasteiger partial charge in [0, 0.05) is 6.20 Å². The first-order valence-corrected chi connectivity index (χ1v) is 8.72. The number of hydrogen-bond acceptors (Lipinski definition) is 4. The van der Waals surface area contributed by atoms with Gasteiger partial charge < -0.3 is 0 Å². The average Bonchev–Trinajstić information content (AvgIpc) is 3.22. The van der Waals surface area contributed by atoms with Crippen LogP contribution in [0.5, 0.6) is 0 Å². The van der Waals surface area contributed by atoms with Gasteiger partial charge in [-0.3, -0.25) is 10.1 Å². The lowest BCUT2D eigenvalue weighted by Crippen LogP contribution is -2.13. The number of anilines is 1. The molecule has 0 aliphatic rings. The third-order valence-corrected chi connectivity index (χ3v) is 4.81. The van der Waals surface area contributed by atoms with Crippen LogP contribution in [-0.4, -0.2) is 20.7 Å². The van der Waals surface area contributed by atoms with Crippen LogP contribution in [0.25, 0.3) is 15.9 Å². The van der Waals surface area contributed by atoms with E-state index in [1.54, 1.807) is 16.9 Å². The predicted molar refractivity (Wildman–Crippen MR) is 101 cm³/mol. The second-order valence-electron chi connectivity index (χ2n) is 5.88. The molecule has 0 saturated carbocycles. The molecule has 0 aliphatic carbocycles. The lowest BCUT2D eigenvalue weighted by Gasteiger charge is -2.00. The fourth-order valence-corrected chi connectivity index (χ4v) is 3.79. The smallest absolute Gasteiger partial charge is 0.277 e. The molecule has 0 unspecified atom stereocenters. The summed E-state index contributed by atoms with van der Waals surface area (Å²) in [5, 5.41) is 7.78. The standard InChI is InChI=1S/C19H16N4OS/c1-12-10-13(2)17-16(11-12)25-19(20-17)21-18(24)15-8-9-23(22-15)14-6-4-3-5-7-14/h3-11H,1-2H3,(H,20,21,24). The number of hydrogen-bond donors (Lipinski definition) is 1. The molecule has 0 aliphatic heterocycles. The monoisotopic (exact) mass is 348 g/mol. The number of amides is 1. The first kappa shape index (κ1) is 15.5. The third-order valence-electron chi connectivity index (χ3n) is 3.89. The number of aromatic nitrogens is 3. The molecule has 2 aromatic carbocycles. The zero-order chi connectivity index (χ0) is 17.4. The Morgan fingerprint density at radius 2 is 1.92 bits per heavy atom. The molecule has 0 bridgehead atoms. The van der Waals surface area contributed by atoms with Crippen LogP contribution in [-0.2, 0) is 0 Å². The van der Waals surface area contributed by atoms with Gasteiger partial charge in [0.25, 0.3) is 5.91 Å². The number of benzene rings is 2. The van der Waals surface area contributed by atoms with Gasteiger partial charge in [-0.2, -0.15) is 5.10 Å². The molecule has 5 nitrogen and oxygen atoms in total. The Labute approximate surface area is 149 Å². The van der Waals surface area contributed by atoms with E-state index in [4.69, 9.17) is 0 Å². The average molecular weight is 348 g/mol. The van der Waals surface area contributed by atoms with Crippen LogP contribution in [0.1, 0.15) is 21.6 Å². The van der Waals surface area contributed by atoms with E-state index in [2.05, 4.69) is 34.5 Å². The van der Waals surface area contributed by atoms with E-state index in [-0.39, 0.29) is 5.91 Å². The van der Waals surface area contributed by atoms with Gasteiger partial charge in [0.2, 0.25) is 0 Å². The summed E-state index contributed by atoms with van der Waals surface area (Å²) in [5.74, 6) is -0.261. The second kappa shape index (κ2) is 6.14. The number of carbonyl (C=O) groups excluding carboxylic acids is 1. The van der Waals surface area contributed by atoms with Gasteiger partial charge in [-0.05, 0) is 49.2 Å². The fraction of sp³-hybridized carbons (Fsp3) is 0.105. The Balaban J connectivity index is 1.58. The molecule has 2 heterocycles. The SMILES string of the molecule is Cc1cc(C)c2nc(NC(=O)c3ccn(-c4ccccc4)n3)sc2c1. The van der Waals surface area contributed by atoms with Gasteiger partial charge in [-0.25, -0.2) is 9.67 Å². The molecule has 0 radical (unpaired) electrons. The zero-order valence-electron chi connectivity index (χ0n) is 13.9. The molecule has 1 amide bonds. The van der Waals surface area contributed by atoms with E-state index >= 15 is 0 Å². The molecule has 0 atom stereocenters. The van der Waals surface area contributed by atoms with E-state index in [0.29, 0.717) is 10.8 Å². The molecule has 2 aromatic heterocycles. The highest BCUT2D eigenvalue weighted by atomic mass is 32.1. The number of carbonyl (C=O) groups is 1. The summed E-state index contributed by atoms with van der Waals surface area (Å²) >= 11 is 1.47. The van der Waals surface area contributed by atoms with Crippen LogP contribution >= 0.6 is 11.3 Å². The van der Waals surface area contributed by atoms with Gasteiger partial charge in [0.15, 0.2) is 10.8 Å². The number of nitrogens with one attached hydrogen (secondary N) is 1. The number of fused-ring (bicyclic) bond motifs is 1. The maximum atomic E-state index is 12.5. The highest BCUT2D eigenvalue weighted by Crippen LogP contribution is 2.29. The van der Waals surface area contributed by atoms with Crippen molar-refractivity contribution in [1.82, 2.24) is 14.8 Å². The highest BCUT2D eigenvalue weighted by Gasteiger charge is 2.14. The Kier molecular flexibility index (Phi) is 3.82. The number of aryl methyl sites for hydroxylation is 2. The lowest BCUT2D eigenvalue weighted by molar-refractivity contribution is 0.102. The van der Waals surface area contributed by atoms with E-state index in [0.717, 1.165) is 21.5 Å². The molecule has 6 heteroatoms. The summed E-state index contributed by atoms with van der Waals surface area (Å²) in [7, 11) is 0. The minimum Gasteiger partial charge on any atom is -0.296 e. The third kappa shape index (κ3) is 3.04. The summed E-state index contributed by atoms with van der Waals surface area (Å²) in [6.45, 7) is 4.09. The van der Waals surface area contributed by atoms with E-state index in [1.165, 1.54) is 16.9 Å². The first-order valence-electron chi connectivity index (χ1n) is 7.90. The molecule has 124 valence electrons. The largest absolute Gasteiger partial charge is 0.296 e. The summed E-state index contributed by atoms with van der Waals surface area (Å²) in [5.41, 5.74) is 4.50. The molecular weight excluding hydrogens is 332 g/mol. The van der Waals surface area contributed by atoms with Crippen LogP contribution < -0.4 is 5.32 Å². The van der Waals surface area contributed by atoms with Crippen molar-refractivity contribution in [1.29, 1.82) is 0 Å². The lowest BCUT2D eigenvalue weighted by atomic mass is 10.1. The van der Waals surface area contributed by atoms with Crippen molar-refractivity contribution in [3.63, 3.8) is 0 Å². The summed E-state index contributed by atoms with van der Waals surface area (Å²) in [6, 6.07) is 15.6. The van der Waals surface area contributed by atoms with Crippen LogP contribution in [0.3, 0.4) is 0 Å². The fourth-order valence-electron chi connectivity index (χ4n) is 2.75. The molecule has 25 heavy (non-hydrogen) atoms. The quantitative estimate of drug-likeness (QED) is 0.599. The van der Waals surface area contributed by atoms with Crippen molar-refractivity contribution >= 4 is 32.6 Å². The van der Waals surface area contributed by atoms with Crippen LogP contribution in [0.4, 0.5) is 5.13 Å². The van der Waals surface area contributed by atoms with Crippen molar-refractivity contribution in [3.8, 4) is 5.69 Å². The summed E-state index contributed by atoms with van der Waals surface area (Å²) in [6.07, 6.45) is 1.77. The van der Waals surface area contributed by atoms with Gasteiger partial charge in [-0.15, -0.1) is 0 Å². The number of para-hydroxylation sites is 1. The second-order valence-corrected chi connectivity index (χ2v) is 6.91. The number of thiazole rings is 1. The van der Waals surface area contributed by atoms with Crippen molar-refractivity contribution in [3.05, 3.63) is 71.5 Å². The summed E-state index contributed by atoms with van der Waals surface area (Å²) < 4.78 is 2.75. The normalized spacial score (nSPS) is 11.0. The number of nitrogens with zero attached hydrogens (tertiary/aromatic N) is 3. The van der Waals surface area contributed by atoms with Crippen molar-refractivity contribution in [2.24, 2.45) is 0 Å². The van der Waals surface area contributed by atoms with Gasteiger partial charge in [-0.1, -0.05) is 35.6 Å². The Bertz CT molecular complexity index is 1070. The molecule has 0 spiro atoms. The maximum Gasteiger partial charge on any atom is 0.277 e. The van der Waals surface area contributed by atoms with Crippen molar-refractivity contribution in [2.45, 2.75) is 13.8 Å². The van der Waals surface area contributed by atoms with Crippen molar-refractivity contribution < 1.29 is 4.79 Å². The molecule has 4 aromatic rings. The van der Waals surface area contributed by atoms with Crippen molar-refractivity contribution in [2.75, 3.05) is 5.32 Å². The van der Waals surface area contributed by atoms with Crippen LogP contribution in [0, 0.1) is 13.8 Å². The summed E-state index contributed by atoms with van der Waals surface area (Å²) in [4.78, 5) is 17.0. The zero-order valence-corrected chi connectivity index (χ0v) is 14.7. The molecule has 4 rings (SSSR count). The Hall–Kier alpha value is -2.99. The van der Waals surface area contributed by atoms with Gasteiger partial charge in [0.1, 0.15) is 0 Å². The van der Waals surface area contributed by atoms with Gasteiger partial charge in [0.05, 0.1) is 15.9 Å². The topological polar surface area (TPSA) is 59.8 Å². The first-order chi connectivity index (χ1) is 12.1. The molecular formula is C19H16N4OS. The highest BCUT2D eigenvalue weighted by molar-refractivity contribution is 7.22. The maximum absolute atomic E-state index is 12.5. The van der Waals surface area contributed by atoms with E-state index < -0.39 is 0 Å². The number of rotatable bonds is 3. The molecule has 0 saturated heterocycles. The van der Waals surface area contributed by atoms with E-state index in [9.17, 15) is 4.79 Å². The predicted octanol–water partition coefficient (Wildman–Crippen LogP) is 4.35. The van der Waals surface area contributed by atoms with Crippen LogP contribution in [0.2, 0.25) is 0 Å². The molecule has 0 fully saturated rings. The van der Waals surface area contributed by atoms with Crippen LogP contribution in [0.15, 0.2) is 54.7 Å². The minimum atomic E-state index is -0.261. The molecule has 1 N–H and O–H groups in total. The van der Waals surface area contributed by atoms with Gasteiger partial charge >= 0.3 is 0 Å². The Morgan fingerprint density at radius 1 is 1.12 bits per heavy atom. The minimum absolute atomic E-state index is 0.261.